The van der Waals surface area contributed by atoms with Gasteiger partial charge in [0.1, 0.15) is 0 Å². The van der Waals surface area contributed by atoms with Gasteiger partial charge in [0.15, 0.2) is 0 Å². The minimum Gasteiger partial charge on any atom is -0.0619 e. The lowest BCUT2D eigenvalue weighted by atomic mass is 9.62. The SMILES string of the molecule is CC1(c2ccc(-c3cccc4c3-c3ccc(Br)cc3C4(C)[C@@H]3C[C@@H]4C[C@H]3CC4c3cccc4c3-c3ccc(Br)cc3C4(C)C3CCCCC3)cc2)c2ccccc2-c2ccc(Br)cc21. The Labute approximate surface area is 404 Å². The van der Waals surface area contributed by atoms with E-state index in [1.165, 1.54) is 127 Å². The molecule has 7 aromatic rings. The summed E-state index contributed by atoms with van der Waals surface area (Å²) in [6.07, 6.45) is 10.7. The molecule has 4 unspecified atom stereocenters. The van der Waals surface area contributed by atoms with Crippen LogP contribution in [0.1, 0.15) is 123 Å². The quantitative estimate of drug-likeness (QED) is 0.161. The van der Waals surface area contributed by atoms with Crippen molar-refractivity contribution in [2.75, 3.05) is 0 Å². The smallest absolute Gasteiger partial charge is 0.0435 e. The van der Waals surface area contributed by atoms with Crippen molar-refractivity contribution in [3.8, 4) is 44.5 Å². The van der Waals surface area contributed by atoms with E-state index in [4.69, 9.17) is 0 Å². The molecule has 0 radical (unpaired) electrons. The Bertz CT molecular complexity index is 3080. The van der Waals surface area contributed by atoms with Gasteiger partial charge < -0.3 is 0 Å². The highest BCUT2D eigenvalue weighted by molar-refractivity contribution is 9.11. The van der Waals surface area contributed by atoms with Gasteiger partial charge in [-0.15, -0.1) is 0 Å². The Morgan fingerprint density at radius 1 is 0.438 bits per heavy atom. The second-order valence-electron chi connectivity index (χ2n) is 21.0. The minimum atomic E-state index is -0.237. The van der Waals surface area contributed by atoms with Crippen LogP contribution in [0.15, 0.2) is 153 Å². The Morgan fingerprint density at radius 3 is 1.72 bits per heavy atom. The third-order valence-corrected chi connectivity index (χ3v) is 19.8. The van der Waals surface area contributed by atoms with Crippen molar-refractivity contribution >= 4 is 47.8 Å². The molecule has 7 atom stereocenters. The summed E-state index contributed by atoms with van der Waals surface area (Å²) in [4.78, 5) is 0. The summed E-state index contributed by atoms with van der Waals surface area (Å²) in [6.45, 7) is 7.64. The van der Waals surface area contributed by atoms with Gasteiger partial charge in [-0.25, -0.2) is 0 Å². The van der Waals surface area contributed by atoms with Crippen LogP contribution in [0.5, 0.6) is 0 Å². The molecule has 6 aliphatic carbocycles. The number of hydrogen-bond acceptors (Lipinski definition) is 0. The largest absolute Gasteiger partial charge is 0.0619 e. The summed E-state index contributed by atoms with van der Waals surface area (Å²) in [6, 6.07) is 54.5. The fraction of sp³-hybridized carbons (Fsp3) is 0.311. The number of benzene rings is 7. The molecular formula is C61H53Br3. The van der Waals surface area contributed by atoms with Crippen LogP contribution in [-0.2, 0) is 16.2 Å². The first-order valence-electron chi connectivity index (χ1n) is 24.0. The zero-order valence-corrected chi connectivity index (χ0v) is 41.7. The Hall–Kier alpha value is -4.02. The minimum absolute atomic E-state index is 0.0655. The summed E-state index contributed by atoms with van der Waals surface area (Å²) in [5.74, 6) is 3.29. The van der Waals surface area contributed by atoms with E-state index in [1.54, 1.807) is 22.3 Å². The molecule has 0 saturated heterocycles. The van der Waals surface area contributed by atoms with Gasteiger partial charge in [0, 0.05) is 29.7 Å². The van der Waals surface area contributed by atoms with E-state index in [9.17, 15) is 0 Å². The highest BCUT2D eigenvalue weighted by Gasteiger charge is 2.57. The van der Waals surface area contributed by atoms with Crippen molar-refractivity contribution in [2.24, 2.45) is 23.7 Å². The first-order chi connectivity index (χ1) is 31.1. The van der Waals surface area contributed by atoms with Gasteiger partial charge in [-0.05, 0) is 194 Å². The van der Waals surface area contributed by atoms with E-state index < -0.39 is 0 Å². The third-order valence-electron chi connectivity index (χ3n) is 18.4. The van der Waals surface area contributed by atoms with E-state index in [1.807, 2.05) is 0 Å². The first-order valence-corrected chi connectivity index (χ1v) is 26.3. The maximum atomic E-state index is 3.97. The zero-order valence-electron chi connectivity index (χ0n) is 37.0. The molecule has 0 aliphatic heterocycles. The summed E-state index contributed by atoms with van der Waals surface area (Å²) < 4.78 is 3.52. The zero-order chi connectivity index (χ0) is 43.3. The van der Waals surface area contributed by atoms with Crippen molar-refractivity contribution in [1.29, 1.82) is 0 Å². The fourth-order valence-corrected chi connectivity index (χ4v) is 16.5. The number of rotatable bonds is 5. The second kappa shape index (κ2) is 14.5. The lowest BCUT2D eigenvalue weighted by Gasteiger charge is -2.41. The van der Waals surface area contributed by atoms with Crippen molar-refractivity contribution in [2.45, 2.75) is 94.3 Å². The third kappa shape index (κ3) is 5.44. The summed E-state index contributed by atoms with van der Waals surface area (Å²) in [7, 11) is 0. The monoisotopic (exact) mass is 1020 g/mol. The molecular weight excluding hydrogens is 972 g/mol. The maximum absolute atomic E-state index is 3.97. The molecule has 6 aliphatic rings. The number of halogens is 3. The van der Waals surface area contributed by atoms with Crippen LogP contribution in [0.25, 0.3) is 44.5 Å². The topological polar surface area (TPSA) is 0 Å². The second-order valence-corrected chi connectivity index (χ2v) is 23.7. The van der Waals surface area contributed by atoms with Crippen molar-refractivity contribution in [1.82, 2.24) is 0 Å². The van der Waals surface area contributed by atoms with Gasteiger partial charge in [0.2, 0.25) is 0 Å². The van der Waals surface area contributed by atoms with Crippen LogP contribution in [-0.4, -0.2) is 0 Å². The van der Waals surface area contributed by atoms with E-state index in [0.29, 0.717) is 29.6 Å². The number of hydrogen-bond donors (Lipinski definition) is 0. The fourth-order valence-electron chi connectivity index (χ4n) is 15.4. The van der Waals surface area contributed by atoms with Gasteiger partial charge >= 0.3 is 0 Å². The predicted molar refractivity (Wildman–Crippen MR) is 276 cm³/mol. The molecule has 318 valence electrons. The molecule has 2 bridgehead atoms. The van der Waals surface area contributed by atoms with Gasteiger partial charge in [-0.2, -0.15) is 0 Å². The average Bonchev–Trinajstić information content (AvgIpc) is 4.12. The molecule has 64 heavy (non-hydrogen) atoms. The molecule has 0 N–H and O–H groups in total. The van der Waals surface area contributed by atoms with Gasteiger partial charge in [0.25, 0.3) is 0 Å². The van der Waals surface area contributed by atoms with Crippen LogP contribution in [0.4, 0.5) is 0 Å². The molecule has 0 amide bonds. The van der Waals surface area contributed by atoms with Crippen molar-refractivity contribution < 1.29 is 0 Å². The van der Waals surface area contributed by atoms with E-state index in [2.05, 4.69) is 208 Å². The summed E-state index contributed by atoms with van der Waals surface area (Å²) in [5, 5.41) is 0. The van der Waals surface area contributed by atoms with E-state index >= 15 is 0 Å². The van der Waals surface area contributed by atoms with Crippen LogP contribution in [0, 0.1) is 23.7 Å². The Balaban J connectivity index is 0.864. The van der Waals surface area contributed by atoms with E-state index in [-0.39, 0.29) is 16.2 Å². The highest BCUT2D eigenvalue weighted by Crippen LogP contribution is 2.68. The molecule has 3 heteroatoms. The standard InChI is InChI=1S/C61H53Br3/c1-59(50-16-8-7-13-44(50)45-26-23-40(62)32-54(45)59)39-21-19-35(20-22-39)43-14-9-18-52-57(43)48-28-25-42(64)34-56(48)61(52,3)53-31-36-29-37(53)30-49(36)46-15-10-17-51-58(46)47-27-24-41(63)33-55(47)60(51,2)38-11-5-4-6-12-38/h7-10,13-28,32-34,36-38,49,53H,4-6,11-12,29-31H2,1-3H3/t36-,37-,49?,53+,59?,60?,61?/m0/s1. The maximum Gasteiger partial charge on any atom is 0.0435 e. The van der Waals surface area contributed by atoms with Crippen LogP contribution in [0.2, 0.25) is 0 Å². The summed E-state index contributed by atoms with van der Waals surface area (Å²) in [5.41, 5.74) is 23.0. The lowest BCUT2D eigenvalue weighted by Crippen LogP contribution is -2.36. The molecule has 0 heterocycles. The molecule has 7 aromatic carbocycles. The average molecular weight is 1030 g/mol. The van der Waals surface area contributed by atoms with Crippen LogP contribution in [0.3, 0.4) is 0 Å². The Morgan fingerprint density at radius 2 is 1.02 bits per heavy atom. The highest BCUT2D eigenvalue weighted by atomic mass is 79.9. The van der Waals surface area contributed by atoms with Crippen LogP contribution < -0.4 is 0 Å². The summed E-state index contributed by atoms with van der Waals surface area (Å²) >= 11 is 11.7. The molecule has 0 aromatic heterocycles. The molecule has 0 nitrogen and oxygen atoms in total. The predicted octanol–water partition coefficient (Wildman–Crippen LogP) is 18.0. The first kappa shape index (κ1) is 40.3. The molecule has 0 spiro atoms. The Kier molecular flexibility index (Phi) is 9.12. The molecule has 13 rings (SSSR count). The number of fused-ring (bicyclic) bond motifs is 11. The van der Waals surface area contributed by atoms with Gasteiger partial charge in [-0.3, -0.25) is 0 Å². The molecule has 3 fully saturated rings. The van der Waals surface area contributed by atoms with E-state index in [0.717, 1.165) is 4.47 Å². The lowest BCUT2D eigenvalue weighted by molar-refractivity contribution is 0.221. The molecule has 3 saturated carbocycles. The van der Waals surface area contributed by atoms with Crippen LogP contribution >= 0.6 is 47.8 Å². The normalized spacial score (nSPS) is 28.1. The van der Waals surface area contributed by atoms with Crippen molar-refractivity contribution in [3.63, 3.8) is 0 Å². The van der Waals surface area contributed by atoms with Gasteiger partial charge in [0.05, 0.1) is 0 Å². The van der Waals surface area contributed by atoms with Gasteiger partial charge in [-0.1, -0.05) is 184 Å². The van der Waals surface area contributed by atoms with Crippen molar-refractivity contribution in [3.05, 3.63) is 197 Å².